The molecule has 0 radical (unpaired) electrons. The van der Waals surface area contributed by atoms with E-state index in [9.17, 15) is 4.79 Å². The number of carbonyl (C=O) groups is 1. The van der Waals surface area contributed by atoms with E-state index in [4.69, 9.17) is 4.74 Å². The zero-order valence-electron chi connectivity index (χ0n) is 19.1. The third-order valence-electron chi connectivity index (χ3n) is 5.22. The van der Waals surface area contributed by atoms with Gasteiger partial charge < -0.3 is 14.6 Å². The van der Waals surface area contributed by atoms with Crippen molar-refractivity contribution in [3.63, 3.8) is 0 Å². The molecule has 0 aliphatic heterocycles. The van der Waals surface area contributed by atoms with Crippen LogP contribution in [0.2, 0.25) is 0 Å². The Hall–Kier alpha value is -2.84. The van der Waals surface area contributed by atoms with E-state index in [0.717, 1.165) is 28.7 Å². The number of benzene rings is 2. The predicted molar refractivity (Wildman–Crippen MR) is 128 cm³/mol. The van der Waals surface area contributed by atoms with Gasteiger partial charge in [-0.3, -0.25) is 9.69 Å². The van der Waals surface area contributed by atoms with E-state index in [-0.39, 0.29) is 17.7 Å². The maximum absolute atomic E-state index is 12.5. The second kappa shape index (κ2) is 11.7. The number of rotatable bonds is 11. The Morgan fingerprint density at radius 3 is 2.44 bits per heavy atom. The highest BCUT2D eigenvalue weighted by Crippen LogP contribution is 2.26. The number of hydrogen-bond acceptors (Lipinski definition) is 6. The summed E-state index contributed by atoms with van der Waals surface area (Å²) in [7, 11) is 5.74. The molecule has 8 heteroatoms. The lowest BCUT2D eigenvalue weighted by Crippen LogP contribution is -2.25. The second-order valence-corrected chi connectivity index (χ2v) is 8.66. The first-order valence-electron chi connectivity index (χ1n) is 10.7. The Labute approximate surface area is 194 Å². The molecular weight excluding hydrogens is 422 g/mol. The number of carbonyl (C=O) groups excluding carboxylic acids is 1. The Bertz CT molecular complexity index is 989. The van der Waals surface area contributed by atoms with E-state index < -0.39 is 0 Å². The molecule has 1 amide bonds. The van der Waals surface area contributed by atoms with E-state index in [1.54, 1.807) is 7.11 Å². The van der Waals surface area contributed by atoms with Crippen LogP contribution in [0.4, 0.5) is 0 Å². The molecule has 1 heterocycles. The largest absolute Gasteiger partial charge is 0.497 e. The molecular formula is C24H31N5O2S. The summed E-state index contributed by atoms with van der Waals surface area (Å²) in [6, 6.07) is 18.1. The smallest absolute Gasteiger partial charge is 0.230 e. The lowest BCUT2D eigenvalue weighted by molar-refractivity contribution is -0.118. The topological polar surface area (TPSA) is 72.3 Å². The summed E-state index contributed by atoms with van der Waals surface area (Å²) in [5.74, 6) is 1.96. The van der Waals surface area contributed by atoms with Crippen molar-refractivity contribution in [2.24, 2.45) is 0 Å². The van der Waals surface area contributed by atoms with Crippen LogP contribution < -0.4 is 10.1 Å². The van der Waals surface area contributed by atoms with Crippen LogP contribution in [0.3, 0.4) is 0 Å². The number of hydrogen-bond donors (Lipinski definition) is 1. The monoisotopic (exact) mass is 453 g/mol. The van der Waals surface area contributed by atoms with Gasteiger partial charge in [0, 0.05) is 6.54 Å². The minimum absolute atomic E-state index is 0.0405. The number of methoxy groups -OCH3 is 1. The van der Waals surface area contributed by atoms with Gasteiger partial charge in [0.05, 0.1) is 25.4 Å². The zero-order valence-corrected chi connectivity index (χ0v) is 19.9. The SMILES string of the molecule is CCC(c1nnc(SCC(=O)NCc2ccc(OC)cc2)n1Cc1ccccc1)N(C)C. The predicted octanol–water partition coefficient (Wildman–Crippen LogP) is 3.76. The summed E-state index contributed by atoms with van der Waals surface area (Å²) >= 11 is 1.41. The number of thioether (sulfide) groups is 1. The maximum atomic E-state index is 12.5. The first kappa shape index (κ1) is 23.8. The van der Waals surface area contributed by atoms with Crippen LogP contribution in [0.5, 0.6) is 5.75 Å². The highest BCUT2D eigenvalue weighted by atomic mass is 32.2. The average Bonchev–Trinajstić information content (AvgIpc) is 3.19. The van der Waals surface area contributed by atoms with Gasteiger partial charge in [-0.2, -0.15) is 0 Å². The van der Waals surface area contributed by atoms with Crippen LogP contribution in [-0.2, 0) is 17.9 Å². The van der Waals surface area contributed by atoms with Crippen molar-refractivity contribution >= 4 is 17.7 Å². The second-order valence-electron chi connectivity index (χ2n) is 7.71. The minimum atomic E-state index is -0.0405. The van der Waals surface area contributed by atoms with Gasteiger partial charge in [-0.25, -0.2) is 0 Å². The standard InChI is InChI=1S/C24H31N5O2S/c1-5-21(28(2)3)23-26-27-24(29(23)16-19-9-7-6-8-10-19)32-17-22(30)25-15-18-11-13-20(31-4)14-12-18/h6-14,21H,5,15-17H2,1-4H3,(H,25,30). The van der Waals surface area contributed by atoms with E-state index >= 15 is 0 Å². The molecule has 0 aliphatic rings. The van der Waals surface area contributed by atoms with Gasteiger partial charge in [0.15, 0.2) is 11.0 Å². The molecule has 170 valence electrons. The lowest BCUT2D eigenvalue weighted by atomic mass is 10.2. The molecule has 0 saturated carbocycles. The van der Waals surface area contributed by atoms with Crippen LogP contribution in [-0.4, -0.2) is 52.5 Å². The minimum Gasteiger partial charge on any atom is -0.497 e. The van der Waals surface area contributed by atoms with Crippen molar-refractivity contribution in [1.29, 1.82) is 0 Å². The van der Waals surface area contributed by atoms with Crippen molar-refractivity contribution in [2.75, 3.05) is 27.0 Å². The van der Waals surface area contributed by atoms with Crippen LogP contribution in [0, 0.1) is 0 Å². The molecule has 1 N–H and O–H groups in total. The molecule has 3 rings (SSSR count). The number of aromatic nitrogens is 3. The summed E-state index contributed by atoms with van der Waals surface area (Å²) in [4.78, 5) is 14.6. The molecule has 3 aromatic rings. The average molecular weight is 454 g/mol. The fraction of sp³-hybridized carbons (Fsp3) is 0.375. The summed E-state index contributed by atoms with van der Waals surface area (Å²) in [5.41, 5.74) is 2.20. The van der Waals surface area contributed by atoms with Crippen molar-refractivity contribution < 1.29 is 9.53 Å². The lowest BCUT2D eigenvalue weighted by Gasteiger charge is -2.23. The van der Waals surface area contributed by atoms with Crippen molar-refractivity contribution in [2.45, 2.75) is 37.6 Å². The van der Waals surface area contributed by atoms with E-state index in [2.05, 4.69) is 58.1 Å². The molecule has 0 spiro atoms. The summed E-state index contributed by atoms with van der Waals surface area (Å²) in [6.07, 6.45) is 0.924. The molecule has 0 aliphatic carbocycles. The molecule has 2 aromatic carbocycles. The Morgan fingerprint density at radius 2 is 1.81 bits per heavy atom. The van der Waals surface area contributed by atoms with Crippen molar-refractivity contribution in [1.82, 2.24) is 25.0 Å². The number of ether oxygens (including phenoxy) is 1. The van der Waals surface area contributed by atoms with Gasteiger partial charge in [-0.15, -0.1) is 10.2 Å². The Kier molecular flexibility index (Phi) is 8.70. The fourth-order valence-electron chi connectivity index (χ4n) is 3.47. The highest BCUT2D eigenvalue weighted by Gasteiger charge is 2.22. The molecule has 1 atom stereocenters. The third-order valence-corrected chi connectivity index (χ3v) is 6.18. The van der Waals surface area contributed by atoms with Gasteiger partial charge in [0.25, 0.3) is 0 Å². The summed E-state index contributed by atoms with van der Waals surface area (Å²) in [6.45, 7) is 3.29. The number of nitrogens with zero attached hydrogens (tertiary/aromatic N) is 4. The van der Waals surface area contributed by atoms with E-state index in [0.29, 0.717) is 13.1 Å². The third kappa shape index (κ3) is 6.34. The van der Waals surface area contributed by atoms with Crippen molar-refractivity contribution in [3.8, 4) is 5.75 Å². The molecule has 1 aromatic heterocycles. The number of nitrogens with one attached hydrogen (secondary N) is 1. The number of amides is 1. The van der Waals surface area contributed by atoms with Crippen LogP contribution in [0.25, 0.3) is 0 Å². The first-order chi connectivity index (χ1) is 15.5. The van der Waals surface area contributed by atoms with Crippen LogP contribution >= 0.6 is 11.8 Å². The van der Waals surface area contributed by atoms with Gasteiger partial charge >= 0.3 is 0 Å². The quantitative estimate of drug-likeness (QED) is 0.446. The van der Waals surface area contributed by atoms with E-state index in [1.807, 2.05) is 42.5 Å². The molecule has 1 unspecified atom stereocenters. The van der Waals surface area contributed by atoms with Gasteiger partial charge in [0.2, 0.25) is 5.91 Å². The van der Waals surface area contributed by atoms with Crippen LogP contribution in [0.1, 0.15) is 36.3 Å². The van der Waals surface area contributed by atoms with Gasteiger partial charge in [-0.05, 0) is 43.8 Å². The molecule has 0 bridgehead atoms. The first-order valence-corrected chi connectivity index (χ1v) is 11.7. The molecule has 0 fully saturated rings. The Morgan fingerprint density at radius 1 is 1.09 bits per heavy atom. The summed E-state index contributed by atoms with van der Waals surface area (Å²) < 4.78 is 7.30. The molecule has 7 nitrogen and oxygen atoms in total. The zero-order chi connectivity index (χ0) is 22.9. The highest BCUT2D eigenvalue weighted by molar-refractivity contribution is 7.99. The van der Waals surface area contributed by atoms with E-state index in [1.165, 1.54) is 17.3 Å². The maximum Gasteiger partial charge on any atom is 0.230 e. The molecule has 32 heavy (non-hydrogen) atoms. The van der Waals surface area contributed by atoms with Crippen molar-refractivity contribution in [3.05, 3.63) is 71.5 Å². The van der Waals surface area contributed by atoms with Gasteiger partial charge in [0.1, 0.15) is 5.75 Å². The van der Waals surface area contributed by atoms with Crippen LogP contribution in [0.15, 0.2) is 59.8 Å². The Balaban J connectivity index is 1.67. The van der Waals surface area contributed by atoms with Gasteiger partial charge in [-0.1, -0.05) is 61.2 Å². The fourth-order valence-corrected chi connectivity index (χ4v) is 4.25. The summed E-state index contributed by atoms with van der Waals surface area (Å²) in [5, 5.41) is 12.6. The normalized spacial score (nSPS) is 12.0. The molecule has 0 saturated heterocycles.